The van der Waals surface area contributed by atoms with Gasteiger partial charge in [0.1, 0.15) is 5.75 Å². The van der Waals surface area contributed by atoms with Crippen LogP contribution in [0.4, 0.5) is 13.2 Å². The third-order valence-electron chi connectivity index (χ3n) is 4.26. The van der Waals surface area contributed by atoms with Crippen LogP contribution in [0.5, 0.6) is 5.75 Å². The molecule has 0 aliphatic heterocycles. The molecule has 0 saturated heterocycles. The van der Waals surface area contributed by atoms with Crippen molar-refractivity contribution in [3.63, 3.8) is 0 Å². The minimum atomic E-state index is -4.58. The Morgan fingerprint density at radius 1 is 1.11 bits per heavy atom. The first kappa shape index (κ1) is 19.9. The molecule has 8 heteroatoms. The zero-order valence-corrected chi connectivity index (χ0v) is 15.3. The number of rotatable bonds is 6. The summed E-state index contributed by atoms with van der Waals surface area (Å²) in [5, 5.41) is 12.9. The molecule has 0 fully saturated rings. The lowest BCUT2D eigenvalue weighted by molar-refractivity contribution is -0.139. The molecule has 0 spiro atoms. The topological polar surface area (TPSA) is 68.4 Å². The Kier molecular flexibility index (Phi) is 5.69. The minimum Gasteiger partial charge on any atom is -0.490 e. The Hall–Kier alpha value is -2.87. The molecular weight excluding hydrogens is 373 g/mol. The SMILES string of the molecule is CC[C@H](C)Oc1ccc(-c2nc(-c3ccc(CO)cc3)no2)cc1C(F)(F)F. The molecule has 3 aromatic rings. The fourth-order valence-electron chi connectivity index (χ4n) is 2.50. The van der Waals surface area contributed by atoms with E-state index in [1.54, 1.807) is 31.2 Å². The van der Waals surface area contributed by atoms with Gasteiger partial charge < -0.3 is 14.4 Å². The largest absolute Gasteiger partial charge is 0.490 e. The summed E-state index contributed by atoms with van der Waals surface area (Å²) in [4.78, 5) is 4.19. The Labute approximate surface area is 159 Å². The molecule has 0 bridgehead atoms. The fraction of sp³-hybridized carbons (Fsp3) is 0.300. The molecule has 0 radical (unpaired) electrons. The second-order valence-corrected chi connectivity index (χ2v) is 6.32. The zero-order chi connectivity index (χ0) is 20.3. The highest BCUT2D eigenvalue weighted by Crippen LogP contribution is 2.39. The molecule has 0 unspecified atom stereocenters. The van der Waals surface area contributed by atoms with Gasteiger partial charge in [-0.15, -0.1) is 0 Å². The standard InChI is InChI=1S/C20H19F3N2O3/c1-3-12(2)27-17-9-8-15(10-16(17)20(21,22)23)19-24-18(25-28-19)14-6-4-13(11-26)5-7-14/h4-10,12,26H,3,11H2,1-2H3/t12-/m0/s1. The van der Waals surface area contributed by atoms with Crippen LogP contribution >= 0.6 is 0 Å². The van der Waals surface area contributed by atoms with E-state index in [2.05, 4.69) is 10.1 Å². The van der Waals surface area contributed by atoms with Gasteiger partial charge in [0.2, 0.25) is 5.82 Å². The molecule has 5 nitrogen and oxygen atoms in total. The number of ether oxygens (including phenoxy) is 1. The molecule has 0 amide bonds. The molecule has 3 rings (SSSR count). The molecule has 1 atom stereocenters. The van der Waals surface area contributed by atoms with Crippen LogP contribution in [0.1, 0.15) is 31.4 Å². The Balaban J connectivity index is 1.94. The molecular formula is C20H19F3N2O3. The maximum atomic E-state index is 13.5. The van der Waals surface area contributed by atoms with Gasteiger partial charge in [-0.2, -0.15) is 18.2 Å². The van der Waals surface area contributed by atoms with Gasteiger partial charge in [-0.05, 0) is 37.1 Å². The fourth-order valence-corrected chi connectivity index (χ4v) is 2.50. The number of aliphatic hydroxyl groups excluding tert-OH is 1. The number of halogens is 3. The summed E-state index contributed by atoms with van der Waals surface area (Å²) < 4.78 is 51.0. The van der Waals surface area contributed by atoms with Crippen LogP contribution in [0.3, 0.4) is 0 Å². The van der Waals surface area contributed by atoms with E-state index in [1.807, 2.05) is 6.92 Å². The predicted molar refractivity (Wildman–Crippen MR) is 96.5 cm³/mol. The number of aliphatic hydroxyl groups is 1. The molecule has 1 heterocycles. The first-order chi connectivity index (χ1) is 13.3. The van der Waals surface area contributed by atoms with Crippen molar-refractivity contribution in [1.29, 1.82) is 0 Å². The number of nitrogens with zero attached hydrogens (tertiary/aromatic N) is 2. The minimum absolute atomic E-state index is 0.0261. The van der Waals surface area contributed by atoms with Crippen molar-refractivity contribution in [2.24, 2.45) is 0 Å². The van der Waals surface area contributed by atoms with Gasteiger partial charge in [-0.25, -0.2) is 0 Å². The summed E-state index contributed by atoms with van der Waals surface area (Å²) in [5.41, 5.74) is 0.603. The molecule has 1 N–H and O–H groups in total. The normalized spacial score (nSPS) is 12.8. The van der Waals surface area contributed by atoms with E-state index in [0.29, 0.717) is 12.0 Å². The van der Waals surface area contributed by atoms with Crippen molar-refractivity contribution in [3.05, 3.63) is 53.6 Å². The smallest absolute Gasteiger partial charge is 0.419 e. The monoisotopic (exact) mass is 392 g/mol. The van der Waals surface area contributed by atoms with Crippen LogP contribution < -0.4 is 4.74 Å². The molecule has 2 aromatic carbocycles. The molecule has 1 aromatic heterocycles. The van der Waals surface area contributed by atoms with Crippen molar-refractivity contribution < 1.29 is 27.5 Å². The zero-order valence-electron chi connectivity index (χ0n) is 15.3. The van der Waals surface area contributed by atoms with Gasteiger partial charge in [-0.3, -0.25) is 0 Å². The molecule has 0 saturated carbocycles. The average molecular weight is 392 g/mol. The van der Waals surface area contributed by atoms with Gasteiger partial charge in [0.15, 0.2) is 0 Å². The number of alkyl halides is 3. The van der Waals surface area contributed by atoms with Crippen molar-refractivity contribution in [3.8, 4) is 28.6 Å². The van der Waals surface area contributed by atoms with Gasteiger partial charge >= 0.3 is 6.18 Å². The van der Waals surface area contributed by atoms with Crippen molar-refractivity contribution in [2.75, 3.05) is 0 Å². The van der Waals surface area contributed by atoms with Gasteiger partial charge in [0, 0.05) is 11.1 Å². The summed E-state index contributed by atoms with van der Waals surface area (Å²) in [6.45, 7) is 3.45. The van der Waals surface area contributed by atoms with E-state index in [-0.39, 0.29) is 35.7 Å². The Bertz CT molecular complexity index is 937. The maximum Gasteiger partial charge on any atom is 0.419 e. The van der Waals surface area contributed by atoms with Crippen molar-refractivity contribution in [2.45, 2.75) is 39.2 Å². The predicted octanol–water partition coefficient (Wildman–Crippen LogP) is 5.09. The third kappa shape index (κ3) is 4.33. The highest BCUT2D eigenvalue weighted by molar-refractivity contribution is 5.62. The van der Waals surface area contributed by atoms with E-state index >= 15 is 0 Å². The summed E-state index contributed by atoms with van der Waals surface area (Å²) >= 11 is 0. The first-order valence-electron chi connectivity index (χ1n) is 8.74. The quantitative estimate of drug-likeness (QED) is 0.633. The highest BCUT2D eigenvalue weighted by Gasteiger charge is 2.35. The van der Waals surface area contributed by atoms with Crippen molar-refractivity contribution in [1.82, 2.24) is 10.1 Å². The molecule has 0 aliphatic rings. The van der Waals surface area contributed by atoms with Crippen molar-refractivity contribution >= 4 is 0 Å². The van der Waals surface area contributed by atoms with Gasteiger partial charge in [-0.1, -0.05) is 36.3 Å². The summed E-state index contributed by atoms with van der Waals surface area (Å²) in [5.74, 6) is -0.0141. The molecule has 0 aliphatic carbocycles. The lowest BCUT2D eigenvalue weighted by atomic mass is 10.1. The maximum absolute atomic E-state index is 13.5. The van der Waals surface area contributed by atoms with Crippen LogP contribution in [-0.4, -0.2) is 21.4 Å². The van der Waals surface area contributed by atoms with Crippen LogP contribution in [0.2, 0.25) is 0 Å². The number of aromatic nitrogens is 2. The average Bonchev–Trinajstić information content (AvgIpc) is 3.17. The van der Waals surface area contributed by atoms with Crippen LogP contribution in [0, 0.1) is 0 Å². The van der Waals surface area contributed by atoms with Crippen LogP contribution in [0.15, 0.2) is 47.0 Å². The second-order valence-electron chi connectivity index (χ2n) is 6.32. The molecule has 28 heavy (non-hydrogen) atoms. The highest BCUT2D eigenvalue weighted by atomic mass is 19.4. The van der Waals surface area contributed by atoms with Gasteiger partial charge in [0.25, 0.3) is 5.89 Å². The number of hydrogen-bond donors (Lipinski definition) is 1. The second kappa shape index (κ2) is 8.02. The number of benzene rings is 2. The third-order valence-corrected chi connectivity index (χ3v) is 4.26. The Morgan fingerprint density at radius 2 is 1.79 bits per heavy atom. The van der Waals surface area contributed by atoms with E-state index in [1.165, 1.54) is 12.1 Å². The summed E-state index contributed by atoms with van der Waals surface area (Å²) in [7, 11) is 0. The Morgan fingerprint density at radius 3 is 2.39 bits per heavy atom. The van der Waals surface area contributed by atoms with E-state index in [9.17, 15) is 13.2 Å². The summed E-state index contributed by atoms with van der Waals surface area (Å²) in [6.07, 6.45) is -4.34. The number of hydrogen-bond acceptors (Lipinski definition) is 5. The first-order valence-corrected chi connectivity index (χ1v) is 8.74. The summed E-state index contributed by atoms with van der Waals surface area (Å²) in [6, 6.07) is 10.5. The van der Waals surface area contributed by atoms with E-state index < -0.39 is 11.7 Å². The van der Waals surface area contributed by atoms with E-state index in [4.69, 9.17) is 14.4 Å². The van der Waals surface area contributed by atoms with Crippen LogP contribution in [0.25, 0.3) is 22.8 Å². The molecule has 148 valence electrons. The lowest BCUT2D eigenvalue weighted by Gasteiger charge is -2.18. The lowest BCUT2D eigenvalue weighted by Crippen LogP contribution is -2.15. The van der Waals surface area contributed by atoms with Gasteiger partial charge in [0.05, 0.1) is 18.3 Å². The van der Waals surface area contributed by atoms with E-state index in [0.717, 1.165) is 11.6 Å². The van der Waals surface area contributed by atoms with Crippen LogP contribution in [-0.2, 0) is 12.8 Å².